The molecule has 0 aromatic rings. The first-order valence-corrected chi connectivity index (χ1v) is 10.2. The highest BCUT2D eigenvalue weighted by molar-refractivity contribution is 5.75. The molecule has 2 saturated carbocycles. The molecule has 1 heterocycles. The zero-order valence-corrected chi connectivity index (χ0v) is 15.8. The lowest BCUT2D eigenvalue weighted by atomic mass is 9.82. The van der Waals surface area contributed by atoms with E-state index in [0.717, 1.165) is 12.8 Å². The van der Waals surface area contributed by atoms with Gasteiger partial charge < -0.3 is 20.4 Å². The summed E-state index contributed by atoms with van der Waals surface area (Å²) >= 11 is 0. The van der Waals surface area contributed by atoms with E-state index in [1.54, 1.807) is 0 Å². The molecule has 0 spiro atoms. The molecule has 0 aromatic carbocycles. The molecule has 0 radical (unpaired) electrons. The number of piperidine rings is 1. The van der Waals surface area contributed by atoms with Gasteiger partial charge in [-0.25, -0.2) is 4.79 Å². The number of rotatable bonds is 6. The second-order valence-corrected chi connectivity index (χ2v) is 8.24. The number of nitrogens with zero attached hydrogens (tertiary/aromatic N) is 2. The van der Waals surface area contributed by atoms with Crippen LogP contribution in [0.5, 0.6) is 0 Å². The molecular weight excluding hydrogens is 334 g/mol. The number of likely N-dealkylation sites (N-methyl/N-ethyl adjacent to an activating group) is 1. The lowest BCUT2D eigenvalue weighted by Crippen LogP contribution is -2.58. The van der Waals surface area contributed by atoms with Crippen molar-refractivity contribution in [1.82, 2.24) is 15.1 Å². The maximum atomic E-state index is 12.6. The highest BCUT2D eigenvalue weighted by atomic mass is 16.4. The summed E-state index contributed by atoms with van der Waals surface area (Å²) in [5.74, 6) is -0.0238. The molecule has 3 fully saturated rings. The molecule has 7 heteroatoms. The van der Waals surface area contributed by atoms with Gasteiger partial charge in [-0.15, -0.1) is 0 Å². The Morgan fingerprint density at radius 1 is 1.19 bits per heavy atom. The quantitative estimate of drug-likeness (QED) is 0.662. The number of hydrogen-bond acceptors (Lipinski definition) is 4. The summed E-state index contributed by atoms with van der Waals surface area (Å²) in [6, 6.07) is 0.354. The van der Waals surface area contributed by atoms with E-state index in [4.69, 9.17) is 5.11 Å². The Morgan fingerprint density at radius 3 is 2.50 bits per heavy atom. The zero-order valence-electron chi connectivity index (χ0n) is 15.8. The van der Waals surface area contributed by atoms with E-state index >= 15 is 0 Å². The van der Waals surface area contributed by atoms with E-state index in [1.165, 1.54) is 25.7 Å². The maximum absolute atomic E-state index is 12.6. The Kier molecular flexibility index (Phi) is 6.40. The monoisotopic (exact) mass is 367 g/mol. The van der Waals surface area contributed by atoms with Crippen molar-refractivity contribution < 1.29 is 19.8 Å². The van der Waals surface area contributed by atoms with E-state index in [-0.39, 0.29) is 36.7 Å². The molecule has 2 aliphatic carbocycles. The number of aliphatic hydroxyl groups excluding tert-OH is 1. The Balaban J connectivity index is 1.44. The topological polar surface area (TPSA) is 93.1 Å². The van der Waals surface area contributed by atoms with Gasteiger partial charge in [0.15, 0.2) is 0 Å². The van der Waals surface area contributed by atoms with Crippen LogP contribution in [-0.4, -0.2) is 76.4 Å². The van der Waals surface area contributed by atoms with Crippen molar-refractivity contribution in [3.8, 4) is 0 Å². The van der Waals surface area contributed by atoms with Crippen LogP contribution in [0.4, 0.5) is 4.79 Å². The molecule has 3 aliphatic rings. The van der Waals surface area contributed by atoms with Gasteiger partial charge in [0.2, 0.25) is 0 Å². The number of nitrogens with one attached hydrogen (secondary N) is 1. The Bertz CT molecular complexity index is 503. The molecule has 2 amide bonds. The highest BCUT2D eigenvalue weighted by Gasteiger charge is 2.39. The van der Waals surface area contributed by atoms with Crippen LogP contribution in [0.2, 0.25) is 0 Å². The van der Waals surface area contributed by atoms with Crippen LogP contribution < -0.4 is 5.32 Å². The van der Waals surface area contributed by atoms with E-state index in [0.29, 0.717) is 32.0 Å². The number of urea groups is 1. The number of likely N-dealkylation sites (tertiary alicyclic amines) is 1. The minimum atomic E-state index is -0.802. The van der Waals surface area contributed by atoms with Crippen molar-refractivity contribution in [3.63, 3.8) is 0 Å². The standard InChI is InChI=1S/C19H33N3O4/c1-2-21(12-18(24)25)15-9-14(10-15)20-19(26)22-8-7-17(23)16(11-22)13-5-3-4-6-13/h13-17,23H,2-12H2,1H3,(H,20,26)(H,24,25)/t14?,15?,16-,17+/m0/s1. The minimum absolute atomic E-state index is 0.0235. The van der Waals surface area contributed by atoms with Gasteiger partial charge in [-0.05, 0) is 31.7 Å². The molecule has 26 heavy (non-hydrogen) atoms. The number of aliphatic carboxylic acids is 1. The summed E-state index contributed by atoms with van der Waals surface area (Å²) < 4.78 is 0. The number of carbonyl (C=O) groups is 2. The van der Waals surface area contributed by atoms with Gasteiger partial charge in [0.05, 0.1) is 12.6 Å². The van der Waals surface area contributed by atoms with Crippen molar-refractivity contribution in [2.24, 2.45) is 11.8 Å². The molecule has 1 aliphatic heterocycles. The molecule has 148 valence electrons. The van der Waals surface area contributed by atoms with Crippen LogP contribution in [0.25, 0.3) is 0 Å². The lowest BCUT2D eigenvalue weighted by Gasteiger charge is -2.44. The van der Waals surface area contributed by atoms with Crippen molar-refractivity contribution in [2.45, 2.75) is 70.1 Å². The van der Waals surface area contributed by atoms with Crippen LogP contribution in [-0.2, 0) is 4.79 Å². The summed E-state index contributed by atoms with van der Waals surface area (Å²) in [5.41, 5.74) is 0. The molecular formula is C19H33N3O4. The van der Waals surface area contributed by atoms with Crippen molar-refractivity contribution in [3.05, 3.63) is 0 Å². The van der Waals surface area contributed by atoms with Gasteiger partial charge in [-0.1, -0.05) is 32.6 Å². The molecule has 1 saturated heterocycles. The average Bonchev–Trinajstić information content (AvgIpc) is 3.10. The molecule has 0 bridgehead atoms. The molecule has 7 nitrogen and oxygen atoms in total. The van der Waals surface area contributed by atoms with Crippen LogP contribution in [0.1, 0.15) is 51.9 Å². The summed E-state index contributed by atoms with van der Waals surface area (Å²) in [6.07, 6.45) is 6.87. The first-order chi connectivity index (χ1) is 12.5. The number of hydrogen-bond donors (Lipinski definition) is 3. The van der Waals surface area contributed by atoms with Crippen LogP contribution in [0, 0.1) is 11.8 Å². The van der Waals surface area contributed by atoms with Gasteiger partial charge in [-0.2, -0.15) is 0 Å². The second kappa shape index (κ2) is 8.57. The van der Waals surface area contributed by atoms with Gasteiger partial charge >= 0.3 is 12.0 Å². The smallest absolute Gasteiger partial charge is 0.317 e. The number of carboxylic acid groups (broad SMARTS) is 1. The molecule has 3 N–H and O–H groups in total. The van der Waals surface area contributed by atoms with Gasteiger partial charge in [-0.3, -0.25) is 9.69 Å². The van der Waals surface area contributed by atoms with E-state index in [2.05, 4.69) is 5.32 Å². The fourth-order valence-electron chi connectivity index (χ4n) is 4.95. The molecule has 3 rings (SSSR count). The predicted molar refractivity (Wildman–Crippen MR) is 97.9 cm³/mol. The third-order valence-electron chi connectivity index (χ3n) is 6.61. The summed E-state index contributed by atoms with van der Waals surface area (Å²) in [6.45, 7) is 4.02. The van der Waals surface area contributed by atoms with Crippen LogP contribution in [0.15, 0.2) is 0 Å². The molecule has 0 aromatic heterocycles. The van der Waals surface area contributed by atoms with Crippen LogP contribution in [0.3, 0.4) is 0 Å². The van der Waals surface area contributed by atoms with Crippen molar-refractivity contribution in [2.75, 3.05) is 26.2 Å². The average molecular weight is 367 g/mol. The third kappa shape index (κ3) is 4.49. The van der Waals surface area contributed by atoms with E-state index < -0.39 is 5.97 Å². The highest BCUT2D eigenvalue weighted by Crippen LogP contribution is 2.36. The fraction of sp³-hybridized carbons (Fsp3) is 0.895. The van der Waals surface area contributed by atoms with Gasteiger partial charge in [0.25, 0.3) is 0 Å². The fourth-order valence-corrected chi connectivity index (χ4v) is 4.95. The van der Waals surface area contributed by atoms with E-state index in [9.17, 15) is 14.7 Å². The van der Waals surface area contributed by atoms with Crippen molar-refractivity contribution >= 4 is 12.0 Å². The molecule has 0 unspecified atom stereocenters. The van der Waals surface area contributed by atoms with E-state index in [1.807, 2.05) is 16.7 Å². The predicted octanol–water partition coefficient (Wildman–Crippen LogP) is 1.51. The summed E-state index contributed by atoms with van der Waals surface area (Å²) in [7, 11) is 0. The first-order valence-electron chi connectivity index (χ1n) is 10.2. The van der Waals surface area contributed by atoms with Crippen LogP contribution >= 0.6 is 0 Å². The second-order valence-electron chi connectivity index (χ2n) is 8.24. The SMILES string of the molecule is CCN(CC(=O)O)C1CC(NC(=O)N2CC[C@@H](O)[C@H](C3CCCC3)C2)C1. The first kappa shape index (κ1) is 19.4. The normalized spacial score (nSPS) is 32.5. The Labute approximate surface area is 155 Å². The van der Waals surface area contributed by atoms with Crippen molar-refractivity contribution in [1.29, 1.82) is 0 Å². The van der Waals surface area contributed by atoms with Gasteiger partial charge in [0, 0.05) is 31.1 Å². The summed E-state index contributed by atoms with van der Waals surface area (Å²) in [5, 5.41) is 22.4. The maximum Gasteiger partial charge on any atom is 0.317 e. The number of aliphatic hydroxyl groups is 1. The lowest BCUT2D eigenvalue weighted by molar-refractivity contribution is -0.139. The summed E-state index contributed by atoms with van der Waals surface area (Å²) in [4.78, 5) is 27.4. The number of amides is 2. The largest absolute Gasteiger partial charge is 0.480 e. The Morgan fingerprint density at radius 2 is 1.88 bits per heavy atom. The zero-order chi connectivity index (χ0) is 18.7. The van der Waals surface area contributed by atoms with Gasteiger partial charge in [0.1, 0.15) is 0 Å². The number of carboxylic acids is 1. The number of carbonyl (C=O) groups excluding carboxylic acids is 1. The minimum Gasteiger partial charge on any atom is -0.480 e. The Hall–Kier alpha value is -1.34. The molecule has 2 atom stereocenters. The third-order valence-corrected chi connectivity index (χ3v) is 6.61.